The normalized spacial score (nSPS) is 15.1. The van der Waals surface area contributed by atoms with Crippen LogP contribution in [-0.2, 0) is 9.59 Å². The third kappa shape index (κ3) is 3.87. The number of nitrogens with zero attached hydrogens (tertiary/aromatic N) is 5. The van der Waals surface area contributed by atoms with Crippen LogP contribution in [0, 0.1) is 0 Å². The number of benzene rings is 1. The molecule has 0 bridgehead atoms. The second-order valence-electron chi connectivity index (χ2n) is 6.31. The highest BCUT2D eigenvalue weighted by Gasteiger charge is 2.22. The molecular formula is C18H18N6O2S. The van der Waals surface area contributed by atoms with Gasteiger partial charge in [-0.2, -0.15) is 11.3 Å². The molecule has 2 aromatic heterocycles. The Morgan fingerprint density at radius 1 is 1.26 bits per heavy atom. The molecular weight excluding hydrogens is 364 g/mol. The molecule has 1 fully saturated rings. The van der Waals surface area contributed by atoms with Crippen LogP contribution in [0.2, 0.25) is 0 Å². The highest BCUT2D eigenvalue weighted by molar-refractivity contribution is 7.08. The van der Waals surface area contributed by atoms with Crippen LogP contribution in [0.15, 0.2) is 47.4 Å². The van der Waals surface area contributed by atoms with Crippen LogP contribution in [0.3, 0.4) is 0 Å². The number of hydrogen-bond acceptors (Lipinski definition) is 6. The van der Waals surface area contributed by atoms with Gasteiger partial charge in [-0.3, -0.25) is 9.59 Å². The molecule has 0 radical (unpaired) electrons. The molecule has 3 aromatic rings. The fourth-order valence-corrected chi connectivity index (χ4v) is 3.88. The molecule has 8 nitrogen and oxygen atoms in total. The number of carbonyl (C=O) groups is 2. The third-order valence-electron chi connectivity index (χ3n) is 4.53. The van der Waals surface area contributed by atoms with Crippen LogP contribution in [0.5, 0.6) is 0 Å². The maximum Gasteiger partial charge on any atom is 0.227 e. The quantitative estimate of drug-likeness (QED) is 0.707. The molecule has 0 saturated carbocycles. The standard InChI is InChI=1S/C18H18N6O2S/c25-17(10-16(13-7-9-27-11-13)24-12-19-21-22-24)20-14-3-5-15(6-4-14)23-8-1-2-18(23)26/h3-7,9,11-12,16H,1-2,8,10H2,(H,20,25). The lowest BCUT2D eigenvalue weighted by atomic mass is 10.1. The monoisotopic (exact) mass is 382 g/mol. The fourth-order valence-electron chi connectivity index (χ4n) is 3.17. The molecule has 1 aliphatic heterocycles. The first-order chi connectivity index (χ1) is 13.2. The summed E-state index contributed by atoms with van der Waals surface area (Å²) in [7, 11) is 0. The van der Waals surface area contributed by atoms with E-state index in [1.165, 1.54) is 6.33 Å². The molecule has 3 heterocycles. The van der Waals surface area contributed by atoms with E-state index in [9.17, 15) is 9.59 Å². The van der Waals surface area contributed by atoms with Crippen LogP contribution >= 0.6 is 11.3 Å². The van der Waals surface area contributed by atoms with E-state index >= 15 is 0 Å². The summed E-state index contributed by atoms with van der Waals surface area (Å²) in [5.74, 6) is 0.0125. The average molecular weight is 382 g/mol. The van der Waals surface area contributed by atoms with Crippen molar-refractivity contribution in [3.05, 3.63) is 53.0 Å². The lowest BCUT2D eigenvalue weighted by Gasteiger charge is -2.17. The Morgan fingerprint density at radius 3 is 2.74 bits per heavy atom. The van der Waals surface area contributed by atoms with Gasteiger partial charge in [0.25, 0.3) is 0 Å². The lowest BCUT2D eigenvalue weighted by Crippen LogP contribution is -2.23. The highest BCUT2D eigenvalue weighted by atomic mass is 32.1. The van der Waals surface area contributed by atoms with E-state index in [2.05, 4.69) is 20.8 Å². The van der Waals surface area contributed by atoms with Gasteiger partial charge >= 0.3 is 0 Å². The van der Waals surface area contributed by atoms with Crippen molar-refractivity contribution in [2.75, 3.05) is 16.8 Å². The van der Waals surface area contributed by atoms with Gasteiger partial charge in [-0.15, -0.1) is 5.10 Å². The molecule has 2 amide bonds. The molecule has 0 spiro atoms. The summed E-state index contributed by atoms with van der Waals surface area (Å²) in [4.78, 5) is 26.1. The van der Waals surface area contributed by atoms with Crippen LogP contribution in [0.1, 0.15) is 30.9 Å². The van der Waals surface area contributed by atoms with Crippen molar-refractivity contribution in [3.63, 3.8) is 0 Å². The lowest BCUT2D eigenvalue weighted by molar-refractivity contribution is -0.117. The number of nitrogens with one attached hydrogen (secondary N) is 1. The van der Waals surface area contributed by atoms with Crippen LogP contribution in [0.25, 0.3) is 0 Å². The van der Waals surface area contributed by atoms with E-state index in [4.69, 9.17) is 0 Å². The Balaban J connectivity index is 1.43. The SMILES string of the molecule is O=C(CC(c1ccsc1)n1cnnn1)Nc1ccc(N2CCCC2=O)cc1. The van der Waals surface area contributed by atoms with Gasteiger partial charge in [0.15, 0.2) is 0 Å². The van der Waals surface area contributed by atoms with Gasteiger partial charge in [0.05, 0.1) is 12.5 Å². The van der Waals surface area contributed by atoms with Crippen molar-refractivity contribution < 1.29 is 9.59 Å². The van der Waals surface area contributed by atoms with Gasteiger partial charge in [-0.25, -0.2) is 4.68 Å². The molecule has 1 aliphatic rings. The number of aromatic nitrogens is 4. The Kier molecular flexibility index (Phi) is 4.93. The van der Waals surface area contributed by atoms with Crippen molar-refractivity contribution in [3.8, 4) is 0 Å². The molecule has 1 N–H and O–H groups in total. The summed E-state index contributed by atoms with van der Waals surface area (Å²) in [6.07, 6.45) is 3.21. The van der Waals surface area contributed by atoms with E-state index < -0.39 is 0 Å². The molecule has 1 saturated heterocycles. The van der Waals surface area contributed by atoms with Crippen LogP contribution in [0.4, 0.5) is 11.4 Å². The summed E-state index contributed by atoms with van der Waals surface area (Å²) >= 11 is 1.56. The molecule has 1 atom stereocenters. The van der Waals surface area contributed by atoms with Crippen molar-refractivity contribution in [1.29, 1.82) is 0 Å². The van der Waals surface area contributed by atoms with Gasteiger partial charge in [-0.05, 0) is 63.5 Å². The molecule has 4 rings (SSSR count). The summed E-state index contributed by atoms with van der Waals surface area (Å²) in [6.45, 7) is 0.749. The second-order valence-corrected chi connectivity index (χ2v) is 7.09. The van der Waals surface area contributed by atoms with Crippen molar-refractivity contribution in [2.45, 2.75) is 25.3 Å². The third-order valence-corrected chi connectivity index (χ3v) is 5.23. The number of amides is 2. The number of thiophene rings is 1. The van der Waals surface area contributed by atoms with Gasteiger partial charge in [0.1, 0.15) is 6.33 Å². The Bertz CT molecular complexity index is 874. The van der Waals surface area contributed by atoms with Crippen molar-refractivity contribution >= 4 is 34.5 Å². The van der Waals surface area contributed by atoms with E-state index in [1.54, 1.807) is 20.9 Å². The van der Waals surface area contributed by atoms with E-state index in [-0.39, 0.29) is 24.3 Å². The Labute approximate surface area is 159 Å². The topological polar surface area (TPSA) is 93.0 Å². The molecule has 27 heavy (non-hydrogen) atoms. The van der Waals surface area contributed by atoms with Gasteiger partial charge in [0, 0.05) is 24.3 Å². The predicted molar refractivity (Wildman–Crippen MR) is 102 cm³/mol. The minimum Gasteiger partial charge on any atom is -0.326 e. The summed E-state index contributed by atoms with van der Waals surface area (Å²) in [5, 5.41) is 18.1. The first-order valence-electron chi connectivity index (χ1n) is 8.65. The summed E-state index contributed by atoms with van der Waals surface area (Å²) in [6, 6.07) is 9.05. The first-order valence-corrected chi connectivity index (χ1v) is 9.60. The van der Waals surface area contributed by atoms with E-state index in [0.29, 0.717) is 12.1 Å². The van der Waals surface area contributed by atoms with Gasteiger partial charge in [-0.1, -0.05) is 0 Å². The van der Waals surface area contributed by atoms with Gasteiger partial charge in [0.2, 0.25) is 11.8 Å². The summed E-state index contributed by atoms with van der Waals surface area (Å²) < 4.78 is 1.59. The second kappa shape index (κ2) is 7.67. The number of rotatable bonds is 6. The zero-order valence-electron chi connectivity index (χ0n) is 14.5. The zero-order valence-corrected chi connectivity index (χ0v) is 15.3. The van der Waals surface area contributed by atoms with E-state index in [1.807, 2.05) is 41.1 Å². The van der Waals surface area contributed by atoms with Gasteiger partial charge < -0.3 is 10.2 Å². The maximum absolute atomic E-state index is 12.6. The van der Waals surface area contributed by atoms with Crippen LogP contribution < -0.4 is 10.2 Å². The molecule has 9 heteroatoms. The number of carbonyl (C=O) groups excluding carboxylic acids is 2. The Morgan fingerprint density at radius 2 is 2.11 bits per heavy atom. The fraction of sp³-hybridized carbons (Fsp3) is 0.278. The molecule has 1 aromatic carbocycles. The van der Waals surface area contributed by atoms with Crippen molar-refractivity contribution in [2.24, 2.45) is 0 Å². The number of anilines is 2. The molecule has 138 valence electrons. The minimum atomic E-state index is -0.257. The zero-order chi connectivity index (χ0) is 18.6. The minimum absolute atomic E-state index is 0.133. The predicted octanol–water partition coefficient (Wildman–Crippen LogP) is 2.48. The smallest absolute Gasteiger partial charge is 0.227 e. The van der Waals surface area contributed by atoms with Crippen molar-refractivity contribution in [1.82, 2.24) is 20.2 Å². The number of hydrogen-bond donors (Lipinski definition) is 1. The maximum atomic E-state index is 12.6. The highest BCUT2D eigenvalue weighted by Crippen LogP contribution is 2.25. The largest absolute Gasteiger partial charge is 0.326 e. The average Bonchev–Trinajstić information content (AvgIpc) is 3.43. The molecule has 0 aliphatic carbocycles. The first kappa shape index (κ1) is 17.3. The summed E-state index contributed by atoms with van der Waals surface area (Å²) in [5.41, 5.74) is 2.54. The Hall–Kier alpha value is -3.07. The number of tetrazole rings is 1. The van der Waals surface area contributed by atoms with E-state index in [0.717, 1.165) is 24.2 Å². The molecule has 1 unspecified atom stereocenters. The van der Waals surface area contributed by atoms with Crippen LogP contribution in [-0.4, -0.2) is 38.6 Å².